The van der Waals surface area contributed by atoms with Crippen molar-refractivity contribution in [2.24, 2.45) is 0 Å². The van der Waals surface area contributed by atoms with Crippen LogP contribution in [0.25, 0.3) is 11.6 Å². The first-order valence-electron chi connectivity index (χ1n) is 15.1. The number of Topliss-reactive ketones (excluding diaryl/α,β-unsaturated/α-hetero) is 1. The number of rotatable bonds is 6. The Balaban J connectivity index is 1.17. The molecule has 0 radical (unpaired) electrons. The maximum Gasteiger partial charge on any atom is 0.326 e. The van der Waals surface area contributed by atoms with Crippen LogP contribution in [0, 0.1) is 0 Å². The van der Waals surface area contributed by atoms with E-state index in [1.807, 2.05) is 0 Å². The van der Waals surface area contributed by atoms with Gasteiger partial charge in [-0.3, -0.25) is 35.2 Å². The molecular weight excluding hydrogens is 719 g/mol. The number of benzene rings is 3. The molecule has 19 nitrogen and oxygen atoms in total. The summed E-state index contributed by atoms with van der Waals surface area (Å²) in [5.74, 6) is -1.45. The van der Waals surface area contributed by atoms with E-state index in [1.54, 1.807) is 72.8 Å². The summed E-state index contributed by atoms with van der Waals surface area (Å²) >= 11 is 11.8. The van der Waals surface area contributed by atoms with Crippen molar-refractivity contribution in [2.75, 3.05) is 21.3 Å². The van der Waals surface area contributed by atoms with Gasteiger partial charge in [-0.15, -0.1) is 20.4 Å². The molecule has 4 aromatic heterocycles. The highest BCUT2D eigenvalue weighted by molar-refractivity contribution is 6.31. The van der Waals surface area contributed by atoms with Crippen LogP contribution in [0.2, 0.25) is 10.0 Å². The monoisotopic (exact) mass is 738 g/mol. The number of carbonyl (C=O) groups excluding carboxylic acids is 3. The third-order valence-corrected chi connectivity index (χ3v) is 8.64. The standard InChI is InChI=1S/C31H20Cl2N14O5/c32-15-5-9-17(10-6-15)34-29(51)38-27-42-40-25-36-20(23(49)44-46(25)27)31(13-14-3-1-2-4-19(14)22(31)48)21-24(50)45-47-26(37-21)41-43-28(47)39-30(52)35-18-11-7-16(33)8-12-18/h1-12H,13H2,(H,44,49)(H,45,50)(H2,34,38,42,51)(H2,35,39,43,52). The van der Waals surface area contributed by atoms with E-state index in [4.69, 9.17) is 23.2 Å². The number of aromatic nitrogens is 10. The first-order valence-corrected chi connectivity index (χ1v) is 15.9. The lowest BCUT2D eigenvalue weighted by atomic mass is 9.77. The molecule has 0 atom stereocenters. The molecule has 21 heteroatoms. The number of nitrogens with zero attached hydrogens (tertiary/aromatic N) is 8. The quantitative estimate of drug-likeness (QED) is 0.144. The molecular formula is C31H20Cl2N14O5. The molecule has 3 aromatic carbocycles. The highest BCUT2D eigenvalue weighted by atomic mass is 35.5. The SMILES string of the molecule is O=C(Nc1ccc(Cl)cc1)Nc1nnc2nc(C3(c4nc5nnc(NC(=O)Nc6ccc(Cl)cc6)n5[nH]c4=O)Cc4ccccc4C3=O)c(=O)[nH]n12. The Bertz CT molecular complexity index is 2550. The summed E-state index contributed by atoms with van der Waals surface area (Å²) in [4.78, 5) is 76.3. The van der Waals surface area contributed by atoms with E-state index in [2.05, 4.69) is 61.8 Å². The predicted octanol–water partition coefficient (Wildman–Crippen LogP) is 3.26. The van der Waals surface area contributed by atoms with E-state index >= 15 is 0 Å². The first-order chi connectivity index (χ1) is 25.1. The Labute approximate surface area is 298 Å². The summed E-state index contributed by atoms with van der Waals surface area (Å²) < 4.78 is 2.03. The molecule has 8 rings (SSSR count). The third kappa shape index (κ3) is 5.54. The predicted molar refractivity (Wildman–Crippen MR) is 186 cm³/mol. The van der Waals surface area contributed by atoms with Crippen LogP contribution in [0.1, 0.15) is 27.3 Å². The smallest absolute Gasteiger partial charge is 0.308 e. The number of hydrogen-bond donors (Lipinski definition) is 6. The van der Waals surface area contributed by atoms with Gasteiger partial charge in [0.25, 0.3) is 34.6 Å². The van der Waals surface area contributed by atoms with Crippen molar-refractivity contribution in [1.29, 1.82) is 0 Å². The van der Waals surface area contributed by atoms with Gasteiger partial charge in [0.1, 0.15) is 16.8 Å². The largest absolute Gasteiger partial charge is 0.326 e. The van der Waals surface area contributed by atoms with Crippen LogP contribution >= 0.6 is 23.2 Å². The van der Waals surface area contributed by atoms with Gasteiger partial charge in [-0.1, -0.05) is 47.5 Å². The minimum absolute atomic E-state index is 0.175. The van der Waals surface area contributed by atoms with Gasteiger partial charge in [-0.2, -0.15) is 9.03 Å². The molecule has 1 aliphatic carbocycles. The number of halogens is 2. The van der Waals surface area contributed by atoms with Gasteiger partial charge >= 0.3 is 12.1 Å². The molecule has 7 aromatic rings. The molecule has 0 saturated carbocycles. The van der Waals surface area contributed by atoms with E-state index in [0.29, 0.717) is 27.0 Å². The summed E-state index contributed by atoms with van der Waals surface area (Å²) in [6.45, 7) is 0. The molecule has 0 bridgehead atoms. The van der Waals surface area contributed by atoms with Crippen LogP contribution in [0.4, 0.5) is 32.9 Å². The average Bonchev–Trinajstić information content (AvgIpc) is 3.79. The molecule has 0 saturated heterocycles. The first kappa shape index (κ1) is 32.2. The van der Waals surface area contributed by atoms with E-state index < -0.39 is 45.8 Å². The summed E-state index contributed by atoms with van der Waals surface area (Å²) in [6, 6.07) is 17.9. The van der Waals surface area contributed by atoms with Crippen molar-refractivity contribution in [3.05, 3.63) is 126 Å². The molecule has 258 valence electrons. The lowest BCUT2D eigenvalue weighted by Crippen LogP contribution is -2.46. The molecule has 0 spiro atoms. The number of ketones is 1. The lowest BCUT2D eigenvalue weighted by Gasteiger charge is -2.24. The second-order valence-corrected chi connectivity index (χ2v) is 12.2. The molecule has 1 aliphatic rings. The second-order valence-electron chi connectivity index (χ2n) is 11.4. The topological polar surface area (TPSA) is 251 Å². The Kier molecular flexibility index (Phi) is 7.69. The highest BCUT2D eigenvalue weighted by Crippen LogP contribution is 2.41. The number of H-pyrrole nitrogens is 2. The normalized spacial score (nSPS) is 13.2. The summed E-state index contributed by atoms with van der Waals surface area (Å²) in [5, 5.41) is 32.0. The number of anilines is 4. The van der Waals surface area contributed by atoms with Gasteiger partial charge < -0.3 is 10.6 Å². The van der Waals surface area contributed by atoms with Gasteiger partial charge in [0.2, 0.25) is 0 Å². The van der Waals surface area contributed by atoms with Gasteiger partial charge in [0.15, 0.2) is 5.78 Å². The maximum absolute atomic E-state index is 14.4. The van der Waals surface area contributed by atoms with Crippen LogP contribution < -0.4 is 32.4 Å². The van der Waals surface area contributed by atoms with Crippen LogP contribution in [-0.2, 0) is 11.8 Å². The molecule has 0 fully saturated rings. The van der Waals surface area contributed by atoms with Crippen molar-refractivity contribution < 1.29 is 14.4 Å². The third-order valence-electron chi connectivity index (χ3n) is 8.14. The number of fused-ring (bicyclic) bond motifs is 3. The number of nitrogens with one attached hydrogen (secondary N) is 6. The zero-order valence-corrected chi connectivity index (χ0v) is 27.5. The van der Waals surface area contributed by atoms with E-state index in [-0.39, 0.29) is 35.4 Å². The Morgan fingerprint density at radius 2 is 1.10 bits per heavy atom. The average molecular weight is 739 g/mol. The zero-order chi connectivity index (χ0) is 36.1. The zero-order valence-electron chi connectivity index (χ0n) is 26.0. The van der Waals surface area contributed by atoms with Gasteiger partial charge in [0.05, 0.1) is 0 Å². The fraction of sp³-hybridized carbons (Fsp3) is 0.0645. The summed E-state index contributed by atoms with van der Waals surface area (Å²) in [7, 11) is 0. The van der Waals surface area contributed by atoms with Crippen molar-refractivity contribution in [1.82, 2.24) is 49.6 Å². The number of urea groups is 2. The number of hydrogen-bond acceptors (Lipinski definition) is 11. The fourth-order valence-electron chi connectivity index (χ4n) is 5.83. The molecule has 0 aliphatic heterocycles. The number of aromatic amines is 2. The summed E-state index contributed by atoms with van der Waals surface area (Å²) in [6.07, 6.45) is -0.175. The molecule has 0 unspecified atom stereocenters. The summed E-state index contributed by atoms with van der Waals surface area (Å²) in [5.41, 5.74) is -3.06. The Morgan fingerprint density at radius 3 is 1.56 bits per heavy atom. The van der Waals surface area contributed by atoms with E-state index in [0.717, 1.165) is 9.03 Å². The van der Waals surface area contributed by atoms with Crippen molar-refractivity contribution in [3.8, 4) is 0 Å². The van der Waals surface area contributed by atoms with Crippen molar-refractivity contribution in [3.63, 3.8) is 0 Å². The second kappa shape index (κ2) is 12.4. The molecule has 4 amide bonds. The minimum Gasteiger partial charge on any atom is -0.308 e. The van der Waals surface area contributed by atoms with Crippen molar-refractivity contribution in [2.45, 2.75) is 11.8 Å². The lowest BCUT2D eigenvalue weighted by molar-refractivity contribution is 0.0922. The van der Waals surface area contributed by atoms with Crippen LogP contribution in [0.3, 0.4) is 0 Å². The molecule has 52 heavy (non-hydrogen) atoms. The highest BCUT2D eigenvalue weighted by Gasteiger charge is 2.54. The Hall–Kier alpha value is -6.99. The van der Waals surface area contributed by atoms with Crippen molar-refractivity contribution >= 4 is 75.9 Å². The van der Waals surface area contributed by atoms with Crippen LogP contribution in [0.15, 0.2) is 82.4 Å². The van der Waals surface area contributed by atoms with Gasteiger partial charge in [-0.05, 0) is 60.5 Å². The minimum atomic E-state index is -2.06. The van der Waals surface area contributed by atoms with E-state index in [9.17, 15) is 24.0 Å². The Morgan fingerprint density at radius 1 is 0.635 bits per heavy atom. The maximum atomic E-state index is 14.4. The molecule has 4 heterocycles. The fourth-order valence-corrected chi connectivity index (χ4v) is 6.09. The number of amides is 4. The van der Waals surface area contributed by atoms with Crippen LogP contribution in [-0.4, -0.2) is 67.4 Å². The van der Waals surface area contributed by atoms with Crippen LogP contribution in [0.5, 0.6) is 0 Å². The van der Waals surface area contributed by atoms with Gasteiger partial charge in [-0.25, -0.2) is 19.6 Å². The van der Waals surface area contributed by atoms with Gasteiger partial charge in [0, 0.05) is 27.0 Å². The molecule has 6 N–H and O–H groups in total. The van der Waals surface area contributed by atoms with E-state index in [1.165, 1.54) is 0 Å². The number of carbonyl (C=O) groups is 3.